The maximum Gasteiger partial charge on any atom is 0.250 e. The smallest absolute Gasteiger partial charge is 0.250 e. The summed E-state index contributed by atoms with van der Waals surface area (Å²) >= 11 is 6.26. The number of pyridine rings is 2. The first kappa shape index (κ1) is 18.8. The second kappa shape index (κ2) is 7.85. The molecule has 3 aromatic heterocycles. The number of halogens is 1. The molecule has 1 saturated carbocycles. The standard InChI is InChI=1S/C20H22ClN5O2/c1-26-8-7-12(9-17(26)27)15-10-22-19(21)16-11-23-20(25-18(15)16)24-13-3-5-14(28-2)6-4-13/h7-11,13-14H,3-6H2,1-2H3,(H,23,24,25)/t13-,14-. The molecule has 0 bridgehead atoms. The fourth-order valence-corrected chi connectivity index (χ4v) is 3.80. The van der Waals surface area contributed by atoms with Gasteiger partial charge in [0.2, 0.25) is 5.95 Å². The molecule has 3 aromatic rings. The van der Waals surface area contributed by atoms with Crippen LogP contribution in [-0.2, 0) is 11.8 Å². The minimum absolute atomic E-state index is 0.0945. The van der Waals surface area contributed by atoms with E-state index in [2.05, 4.69) is 15.3 Å². The van der Waals surface area contributed by atoms with Crippen LogP contribution < -0.4 is 10.9 Å². The minimum atomic E-state index is -0.0945. The van der Waals surface area contributed by atoms with Crippen LogP contribution in [0.3, 0.4) is 0 Å². The van der Waals surface area contributed by atoms with Crippen molar-refractivity contribution >= 4 is 28.5 Å². The molecule has 7 nitrogen and oxygen atoms in total. The van der Waals surface area contributed by atoms with E-state index in [0.717, 1.165) is 36.8 Å². The highest BCUT2D eigenvalue weighted by Gasteiger charge is 2.21. The summed E-state index contributed by atoms with van der Waals surface area (Å²) in [6.45, 7) is 0. The van der Waals surface area contributed by atoms with Crippen molar-refractivity contribution in [3.63, 3.8) is 0 Å². The van der Waals surface area contributed by atoms with Gasteiger partial charge < -0.3 is 14.6 Å². The zero-order valence-electron chi connectivity index (χ0n) is 15.9. The average molecular weight is 400 g/mol. The quantitative estimate of drug-likeness (QED) is 0.677. The molecule has 0 radical (unpaired) electrons. The van der Waals surface area contributed by atoms with Crippen LogP contribution in [-0.4, -0.2) is 38.8 Å². The number of nitrogens with zero attached hydrogens (tertiary/aromatic N) is 4. The van der Waals surface area contributed by atoms with E-state index in [4.69, 9.17) is 21.3 Å². The lowest BCUT2D eigenvalue weighted by Crippen LogP contribution is -2.29. The third-order valence-corrected chi connectivity index (χ3v) is 5.63. The summed E-state index contributed by atoms with van der Waals surface area (Å²) in [5.74, 6) is 0.556. The van der Waals surface area contributed by atoms with Gasteiger partial charge in [-0.25, -0.2) is 15.0 Å². The molecule has 1 aliphatic carbocycles. The normalized spacial score (nSPS) is 19.7. The molecule has 1 fully saturated rings. The molecule has 28 heavy (non-hydrogen) atoms. The van der Waals surface area contributed by atoms with Crippen LogP contribution in [0.25, 0.3) is 22.0 Å². The Morgan fingerprint density at radius 3 is 2.71 bits per heavy atom. The number of nitrogens with one attached hydrogen (secondary N) is 1. The van der Waals surface area contributed by atoms with Crippen molar-refractivity contribution in [3.05, 3.63) is 46.2 Å². The number of ether oxygens (including phenoxy) is 1. The molecule has 0 spiro atoms. The number of methoxy groups -OCH3 is 1. The second-order valence-electron chi connectivity index (χ2n) is 7.14. The second-order valence-corrected chi connectivity index (χ2v) is 7.49. The third-order valence-electron chi connectivity index (χ3n) is 5.33. The van der Waals surface area contributed by atoms with Crippen molar-refractivity contribution in [1.82, 2.24) is 19.5 Å². The Labute approximate surface area is 167 Å². The first-order chi connectivity index (χ1) is 13.5. The van der Waals surface area contributed by atoms with Gasteiger partial charge in [0.1, 0.15) is 5.15 Å². The predicted molar refractivity (Wildman–Crippen MR) is 110 cm³/mol. The Morgan fingerprint density at radius 2 is 2.00 bits per heavy atom. The summed E-state index contributed by atoms with van der Waals surface area (Å²) in [5.41, 5.74) is 2.09. The molecule has 0 aromatic carbocycles. The molecular formula is C20H22ClN5O2. The molecule has 0 aliphatic heterocycles. The lowest BCUT2D eigenvalue weighted by atomic mass is 9.93. The minimum Gasteiger partial charge on any atom is -0.381 e. The van der Waals surface area contributed by atoms with Crippen molar-refractivity contribution in [2.75, 3.05) is 12.4 Å². The molecule has 8 heteroatoms. The predicted octanol–water partition coefficient (Wildman–Crippen LogP) is 3.41. The fraction of sp³-hybridized carbons (Fsp3) is 0.400. The van der Waals surface area contributed by atoms with Crippen LogP contribution in [0.15, 0.2) is 35.5 Å². The molecular weight excluding hydrogens is 378 g/mol. The van der Waals surface area contributed by atoms with Crippen LogP contribution >= 0.6 is 11.6 Å². The zero-order chi connectivity index (χ0) is 19.7. The monoisotopic (exact) mass is 399 g/mol. The third kappa shape index (κ3) is 3.72. The number of aromatic nitrogens is 4. The van der Waals surface area contributed by atoms with E-state index in [-0.39, 0.29) is 5.56 Å². The van der Waals surface area contributed by atoms with Crippen molar-refractivity contribution in [2.24, 2.45) is 7.05 Å². The fourth-order valence-electron chi connectivity index (χ4n) is 3.61. The summed E-state index contributed by atoms with van der Waals surface area (Å²) in [7, 11) is 3.48. The van der Waals surface area contributed by atoms with Crippen molar-refractivity contribution in [3.8, 4) is 11.1 Å². The van der Waals surface area contributed by atoms with E-state index in [1.807, 2.05) is 6.07 Å². The molecule has 0 atom stereocenters. The maximum atomic E-state index is 12.1. The summed E-state index contributed by atoms with van der Waals surface area (Å²) in [6, 6.07) is 3.76. The van der Waals surface area contributed by atoms with Gasteiger partial charge in [0, 0.05) is 50.4 Å². The first-order valence-electron chi connectivity index (χ1n) is 9.33. The van der Waals surface area contributed by atoms with E-state index in [0.29, 0.717) is 34.2 Å². The Hall–Kier alpha value is -2.51. The number of fused-ring (bicyclic) bond motifs is 1. The number of hydrogen-bond acceptors (Lipinski definition) is 6. The summed E-state index contributed by atoms with van der Waals surface area (Å²) in [4.78, 5) is 25.4. The highest BCUT2D eigenvalue weighted by molar-refractivity contribution is 6.34. The van der Waals surface area contributed by atoms with Crippen molar-refractivity contribution in [2.45, 2.75) is 37.8 Å². The average Bonchev–Trinajstić information content (AvgIpc) is 2.71. The lowest BCUT2D eigenvalue weighted by molar-refractivity contribution is 0.0681. The first-order valence-corrected chi connectivity index (χ1v) is 9.70. The van der Waals surface area contributed by atoms with Crippen molar-refractivity contribution in [1.29, 1.82) is 0 Å². The van der Waals surface area contributed by atoms with E-state index < -0.39 is 0 Å². The van der Waals surface area contributed by atoms with Crippen LogP contribution in [0, 0.1) is 0 Å². The van der Waals surface area contributed by atoms with E-state index in [1.54, 1.807) is 38.8 Å². The number of hydrogen-bond donors (Lipinski definition) is 1. The largest absolute Gasteiger partial charge is 0.381 e. The Kier molecular flexibility index (Phi) is 5.28. The van der Waals surface area contributed by atoms with Gasteiger partial charge >= 0.3 is 0 Å². The highest BCUT2D eigenvalue weighted by atomic mass is 35.5. The van der Waals surface area contributed by atoms with Gasteiger partial charge in [-0.05, 0) is 37.3 Å². The Balaban J connectivity index is 1.69. The number of aryl methyl sites for hydroxylation is 1. The van der Waals surface area contributed by atoms with Gasteiger partial charge in [0.05, 0.1) is 17.0 Å². The molecule has 1 N–H and O–H groups in total. The van der Waals surface area contributed by atoms with Crippen LogP contribution in [0.4, 0.5) is 5.95 Å². The van der Waals surface area contributed by atoms with E-state index in [1.165, 1.54) is 4.57 Å². The number of anilines is 1. The van der Waals surface area contributed by atoms with E-state index >= 15 is 0 Å². The molecule has 3 heterocycles. The highest BCUT2D eigenvalue weighted by Crippen LogP contribution is 2.30. The lowest BCUT2D eigenvalue weighted by Gasteiger charge is -2.28. The molecule has 1 aliphatic rings. The number of rotatable bonds is 4. The SMILES string of the molecule is CO[C@H]1CC[C@H](Nc2ncc3c(Cl)ncc(-c4ccn(C)c(=O)c4)c3n2)CC1. The van der Waals surface area contributed by atoms with Crippen LogP contribution in [0.5, 0.6) is 0 Å². The van der Waals surface area contributed by atoms with Gasteiger partial charge in [0.25, 0.3) is 5.56 Å². The van der Waals surface area contributed by atoms with Gasteiger partial charge in [-0.15, -0.1) is 0 Å². The topological polar surface area (TPSA) is 81.9 Å². The molecule has 146 valence electrons. The maximum absolute atomic E-state index is 12.1. The molecule has 0 amide bonds. The zero-order valence-corrected chi connectivity index (χ0v) is 16.6. The summed E-state index contributed by atoms with van der Waals surface area (Å²) in [6.07, 6.45) is 9.48. The van der Waals surface area contributed by atoms with Crippen LogP contribution in [0.1, 0.15) is 25.7 Å². The van der Waals surface area contributed by atoms with Crippen molar-refractivity contribution < 1.29 is 4.74 Å². The van der Waals surface area contributed by atoms with Gasteiger partial charge in [-0.2, -0.15) is 0 Å². The summed E-state index contributed by atoms with van der Waals surface area (Å²) < 4.78 is 6.96. The Bertz CT molecular complexity index is 1060. The van der Waals surface area contributed by atoms with Gasteiger partial charge in [0.15, 0.2) is 0 Å². The summed E-state index contributed by atoms with van der Waals surface area (Å²) in [5, 5.41) is 4.43. The molecule has 0 saturated heterocycles. The molecule has 0 unspecified atom stereocenters. The van der Waals surface area contributed by atoms with E-state index in [9.17, 15) is 4.79 Å². The molecule has 4 rings (SSSR count). The Morgan fingerprint density at radius 1 is 1.21 bits per heavy atom. The van der Waals surface area contributed by atoms with Crippen LogP contribution in [0.2, 0.25) is 5.15 Å². The van der Waals surface area contributed by atoms with Gasteiger partial charge in [-0.3, -0.25) is 4.79 Å². The van der Waals surface area contributed by atoms with Gasteiger partial charge in [-0.1, -0.05) is 11.6 Å².